The number of amides is 1. The van der Waals surface area contributed by atoms with E-state index in [1.807, 2.05) is 49.6 Å². The molecule has 2 aromatic carbocycles. The summed E-state index contributed by atoms with van der Waals surface area (Å²) in [4.78, 5) is 17.2. The van der Waals surface area contributed by atoms with Gasteiger partial charge in [-0.15, -0.1) is 0 Å². The Morgan fingerprint density at radius 1 is 1.06 bits per heavy atom. The molecule has 0 saturated heterocycles. The normalized spacial score (nSPS) is 11.2. The second kappa shape index (κ2) is 9.09. The van der Waals surface area contributed by atoms with Crippen LogP contribution >= 0.6 is 11.6 Å². The molecule has 4 aromatic rings. The van der Waals surface area contributed by atoms with Gasteiger partial charge in [0, 0.05) is 34.9 Å². The maximum Gasteiger partial charge on any atom is 0.220 e. The minimum Gasteiger partial charge on any atom is -0.352 e. The fourth-order valence-electron chi connectivity index (χ4n) is 3.95. The van der Waals surface area contributed by atoms with Crippen LogP contribution in [0.3, 0.4) is 0 Å². The molecule has 164 valence electrons. The summed E-state index contributed by atoms with van der Waals surface area (Å²) in [6.45, 7) is 6.25. The van der Waals surface area contributed by atoms with Crippen molar-refractivity contribution in [1.82, 2.24) is 19.9 Å². The van der Waals surface area contributed by atoms with Crippen molar-refractivity contribution < 1.29 is 9.18 Å². The molecule has 0 saturated carbocycles. The summed E-state index contributed by atoms with van der Waals surface area (Å²) in [6.07, 6.45) is 0.893. The first-order valence-corrected chi connectivity index (χ1v) is 10.8. The Kier molecular flexibility index (Phi) is 6.24. The summed E-state index contributed by atoms with van der Waals surface area (Å²) in [5.41, 5.74) is 7.01. The van der Waals surface area contributed by atoms with Crippen LogP contribution in [-0.4, -0.2) is 20.5 Å². The zero-order valence-electron chi connectivity index (χ0n) is 18.2. The fraction of sp³-hybridized carbons (Fsp3) is 0.240. The van der Waals surface area contributed by atoms with Gasteiger partial charge < -0.3 is 5.32 Å². The standard InChI is InChI=1S/C25H24ClFN4O/c1-15-21(12-13-23(32)28-14-19-6-4-5-7-22(19)26)17(3)31-25(29-15)24(16(2)30-31)18-8-10-20(27)11-9-18/h4-11H,12-14H2,1-3H3,(H,28,32). The van der Waals surface area contributed by atoms with Crippen LogP contribution in [0, 0.1) is 26.6 Å². The maximum absolute atomic E-state index is 13.4. The molecule has 0 radical (unpaired) electrons. The average Bonchev–Trinajstić information content (AvgIpc) is 3.09. The van der Waals surface area contributed by atoms with Gasteiger partial charge in [0.05, 0.1) is 5.69 Å². The van der Waals surface area contributed by atoms with Gasteiger partial charge in [-0.3, -0.25) is 4.79 Å². The summed E-state index contributed by atoms with van der Waals surface area (Å²) < 4.78 is 15.2. The van der Waals surface area contributed by atoms with Crippen molar-refractivity contribution >= 4 is 23.2 Å². The molecule has 0 aliphatic rings. The van der Waals surface area contributed by atoms with Crippen LogP contribution in [0.1, 0.15) is 34.6 Å². The van der Waals surface area contributed by atoms with E-state index in [1.165, 1.54) is 12.1 Å². The van der Waals surface area contributed by atoms with E-state index in [9.17, 15) is 9.18 Å². The van der Waals surface area contributed by atoms with Gasteiger partial charge in [0.1, 0.15) is 5.82 Å². The van der Waals surface area contributed by atoms with Crippen molar-refractivity contribution in [3.05, 3.63) is 87.6 Å². The Morgan fingerprint density at radius 2 is 1.78 bits per heavy atom. The number of benzene rings is 2. The maximum atomic E-state index is 13.4. The van der Waals surface area contributed by atoms with E-state index < -0.39 is 0 Å². The molecule has 2 heterocycles. The third kappa shape index (κ3) is 4.36. The molecule has 0 bridgehead atoms. The summed E-state index contributed by atoms with van der Waals surface area (Å²) >= 11 is 6.16. The first-order chi connectivity index (χ1) is 15.3. The van der Waals surface area contributed by atoms with Gasteiger partial charge >= 0.3 is 0 Å². The van der Waals surface area contributed by atoms with E-state index in [1.54, 1.807) is 12.1 Å². The third-order valence-corrected chi connectivity index (χ3v) is 6.04. The highest BCUT2D eigenvalue weighted by atomic mass is 35.5. The van der Waals surface area contributed by atoms with E-state index in [4.69, 9.17) is 16.6 Å². The van der Waals surface area contributed by atoms with Gasteiger partial charge in [-0.1, -0.05) is 41.9 Å². The van der Waals surface area contributed by atoms with E-state index in [-0.39, 0.29) is 11.7 Å². The number of nitrogens with zero attached hydrogens (tertiary/aromatic N) is 3. The van der Waals surface area contributed by atoms with Crippen LogP contribution in [0.15, 0.2) is 48.5 Å². The summed E-state index contributed by atoms with van der Waals surface area (Å²) in [6, 6.07) is 13.8. The van der Waals surface area contributed by atoms with Crippen LogP contribution in [0.4, 0.5) is 4.39 Å². The summed E-state index contributed by atoms with van der Waals surface area (Å²) in [5.74, 6) is -0.328. The molecule has 0 unspecified atom stereocenters. The first kappa shape index (κ1) is 22.0. The molecule has 0 spiro atoms. The monoisotopic (exact) mass is 450 g/mol. The van der Waals surface area contributed by atoms with Crippen LogP contribution in [0.5, 0.6) is 0 Å². The van der Waals surface area contributed by atoms with Crippen molar-refractivity contribution in [2.45, 2.75) is 40.2 Å². The van der Waals surface area contributed by atoms with E-state index >= 15 is 0 Å². The Balaban J connectivity index is 1.54. The van der Waals surface area contributed by atoms with Crippen LogP contribution in [0.2, 0.25) is 5.02 Å². The highest BCUT2D eigenvalue weighted by Gasteiger charge is 2.18. The molecule has 4 rings (SSSR count). The Labute approximate surface area is 191 Å². The molecule has 1 N–H and O–H groups in total. The fourth-order valence-corrected chi connectivity index (χ4v) is 4.15. The van der Waals surface area contributed by atoms with E-state index in [0.717, 1.165) is 45.0 Å². The van der Waals surface area contributed by atoms with Gasteiger partial charge in [0.2, 0.25) is 5.91 Å². The van der Waals surface area contributed by atoms with Crippen LogP contribution in [-0.2, 0) is 17.8 Å². The number of aromatic nitrogens is 3. The molecule has 0 aliphatic heterocycles. The molecule has 5 nitrogen and oxygen atoms in total. The van der Waals surface area contributed by atoms with Crippen molar-refractivity contribution in [1.29, 1.82) is 0 Å². The first-order valence-electron chi connectivity index (χ1n) is 10.5. The Morgan fingerprint density at radius 3 is 2.50 bits per heavy atom. The van der Waals surface area contributed by atoms with Crippen LogP contribution in [0.25, 0.3) is 16.8 Å². The molecule has 0 atom stereocenters. The predicted octanol–water partition coefficient (Wildman–Crippen LogP) is 5.36. The molecule has 2 aromatic heterocycles. The predicted molar refractivity (Wildman–Crippen MR) is 124 cm³/mol. The topological polar surface area (TPSA) is 59.3 Å². The quantitative estimate of drug-likeness (QED) is 0.430. The largest absolute Gasteiger partial charge is 0.352 e. The number of nitrogens with one attached hydrogen (secondary N) is 1. The van der Waals surface area contributed by atoms with Crippen molar-refractivity contribution in [3.8, 4) is 11.1 Å². The molecular weight excluding hydrogens is 427 g/mol. The smallest absolute Gasteiger partial charge is 0.220 e. The van der Waals surface area contributed by atoms with Crippen LogP contribution < -0.4 is 5.32 Å². The van der Waals surface area contributed by atoms with Crippen molar-refractivity contribution in [3.63, 3.8) is 0 Å². The van der Waals surface area contributed by atoms with Gasteiger partial charge in [-0.25, -0.2) is 13.9 Å². The zero-order chi connectivity index (χ0) is 22.8. The minimum absolute atomic E-state index is 0.0486. The van der Waals surface area contributed by atoms with Gasteiger partial charge in [-0.2, -0.15) is 5.10 Å². The van der Waals surface area contributed by atoms with Crippen molar-refractivity contribution in [2.24, 2.45) is 0 Å². The lowest BCUT2D eigenvalue weighted by molar-refractivity contribution is -0.121. The molecule has 0 aliphatic carbocycles. The molecular formula is C25H24ClFN4O. The SMILES string of the molecule is Cc1nc2c(-c3ccc(F)cc3)c(C)nn2c(C)c1CCC(=O)NCc1ccccc1Cl. The average molecular weight is 451 g/mol. The molecule has 0 fully saturated rings. The molecule has 7 heteroatoms. The highest BCUT2D eigenvalue weighted by Crippen LogP contribution is 2.29. The number of halogens is 2. The lowest BCUT2D eigenvalue weighted by Crippen LogP contribution is -2.23. The second-order valence-electron chi connectivity index (χ2n) is 7.83. The Bertz CT molecular complexity index is 1300. The second-order valence-corrected chi connectivity index (χ2v) is 8.24. The number of hydrogen-bond acceptors (Lipinski definition) is 3. The minimum atomic E-state index is -0.279. The lowest BCUT2D eigenvalue weighted by Gasteiger charge is -2.12. The van der Waals surface area contributed by atoms with E-state index in [2.05, 4.69) is 10.4 Å². The number of carbonyl (C=O) groups is 1. The number of carbonyl (C=O) groups excluding carboxylic acids is 1. The van der Waals surface area contributed by atoms with Gasteiger partial charge in [0.15, 0.2) is 5.65 Å². The summed E-state index contributed by atoms with van der Waals surface area (Å²) in [7, 11) is 0. The number of aryl methyl sites for hydroxylation is 3. The number of fused-ring (bicyclic) bond motifs is 1. The molecule has 1 amide bonds. The molecule has 32 heavy (non-hydrogen) atoms. The van der Waals surface area contributed by atoms with Crippen molar-refractivity contribution in [2.75, 3.05) is 0 Å². The highest BCUT2D eigenvalue weighted by molar-refractivity contribution is 6.31. The lowest BCUT2D eigenvalue weighted by atomic mass is 10.0. The summed E-state index contributed by atoms with van der Waals surface area (Å²) in [5, 5.41) is 8.24. The number of rotatable bonds is 6. The Hall–Kier alpha value is -3.25. The van der Waals surface area contributed by atoms with E-state index in [0.29, 0.717) is 24.4 Å². The number of hydrogen-bond donors (Lipinski definition) is 1. The third-order valence-electron chi connectivity index (χ3n) is 5.67. The van der Waals surface area contributed by atoms with Gasteiger partial charge in [-0.05, 0) is 62.1 Å². The zero-order valence-corrected chi connectivity index (χ0v) is 19.0. The van der Waals surface area contributed by atoms with Gasteiger partial charge in [0.25, 0.3) is 0 Å².